The van der Waals surface area contributed by atoms with Crippen molar-refractivity contribution in [2.45, 2.75) is 39.5 Å². The van der Waals surface area contributed by atoms with Crippen molar-refractivity contribution in [2.24, 2.45) is 0 Å². The van der Waals surface area contributed by atoms with E-state index in [4.69, 9.17) is 18.9 Å². The monoisotopic (exact) mass is 456 g/mol. The predicted molar refractivity (Wildman–Crippen MR) is 125 cm³/mol. The first kappa shape index (κ1) is 25.8. The van der Waals surface area contributed by atoms with Crippen LogP contribution in [0.3, 0.4) is 0 Å². The summed E-state index contributed by atoms with van der Waals surface area (Å²) in [5.74, 6) is 0.187. The lowest BCUT2D eigenvalue weighted by Gasteiger charge is -2.16. The average Bonchev–Trinajstić information content (AvgIpc) is 2.84. The molecular formula is C26H32O7. The highest BCUT2D eigenvalue weighted by atomic mass is 16.6. The number of methoxy groups -OCH3 is 2. The van der Waals surface area contributed by atoms with Crippen LogP contribution >= 0.6 is 0 Å². The van der Waals surface area contributed by atoms with Crippen LogP contribution in [0.15, 0.2) is 54.3 Å². The zero-order valence-electron chi connectivity index (χ0n) is 19.7. The lowest BCUT2D eigenvalue weighted by molar-refractivity contribution is -0.140. The molecule has 0 aliphatic heterocycles. The van der Waals surface area contributed by atoms with E-state index >= 15 is 0 Å². The number of esters is 2. The molecule has 0 N–H and O–H groups in total. The summed E-state index contributed by atoms with van der Waals surface area (Å²) in [6.07, 6.45) is 4.29. The molecular weight excluding hydrogens is 424 g/mol. The van der Waals surface area contributed by atoms with Gasteiger partial charge in [-0.3, -0.25) is 0 Å². The Bertz CT molecular complexity index is 949. The summed E-state index contributed by atoms with van der Waals surface area (Å²) >= 11 is 0. The molecule has 0 saturated heterocycles. The molecule has 2 aromatic carbocycles. The summed E-state index contributed by atoms with van der Waals surface area (Å²) in [4.78, 5) is 23.6. The fraction of sp³-hybridized carbons (Fsp3) is 0.385. The van der Waals surface area contributed by atoms with Crippen molar-refractivity contribution in [1.82, 2.24) is 0 Å². The van der Waals surface area contributed by atoms with Crippen molar-refractivity contribution in [2.75, 3.05) is 27.4 Å². The number of carbonyl (C=O) groups excluding carboxylic acids is 2. The third-order valence-electron chi connectivity index (χ3n) is 4.80. The molecule has 0 aromatic heterocycles. The van der Waals surface area contributed by atoms with Crippen molar-refractivity contribution in [3.8, 4) is 17.2 Å². The van der Waals surface area contributed by atoms with Gasteiger partial charge >= 0.3 is 11.9 Å². The highest BCUT2D eigenvalue weighted by Crippen LogP contribution is 2.31. The van der Waals surface area contributed by atoms with E-state index in [1.807, 2.05) is 31.2 Å². The maximum absolute atomic E-state index is 12.0. The van der Waals surface area contributed by atoms with Gasteiger partial charge in [-0.05, 0) is 36.6 Å². The Kier molecular flexibility index (Phi) is 10.8. The number of hydrogen-bond donors (Lipinski definition) is 0. The maximum atomic E-state index is 12.0. The molecule has 0 aliphatic carbocycles. The van der Waals surface area contributed by atoms with Crippen LogP contribution in [-0.2, 0) is 31.9 Å². The van der Waals surface area contributed by atoms with E-state index in [0.29, 0.717) is 37.6 Å². The van der Waals surface area contributed by atoms with Gasteiger partial charge in [-0.15, -0.1) is 0 Å². The summed E-state index contributed by atoms with van der Waals surface area (Å²) < 4.78 is 26.9. The second-order valence-corrected chi connectivity index (χ2v) is 7.12. The van der Waals surface area contributed by atoms with Gasteiger partial charge in [0.15, 0.2) is 0 Å². The van der Waals surface area contributed by atoms with Gasteiger partial charge in [0.25, 0.3) is 0 Å². The SMILES string of the molecule is CCCc1ccccc1OCCCOc1cccc(OC(=CC(=O)OC)C(=O)OC)c1CC. The van der Waals surface area contributed by atoms with Gasteiger partial charge in [-0.2, -0.15) is 0 Å². The summed E-state index contributed by atoms with van der Waals surface area (Å²) in [5, 5.41) is 0. The first-order chi connectivity index (χ1) is 16.0. The Hall–Kier alpha value is -3.48. The van der Waals surface area contributed by atoms with Gasteiger partial charge in [0.05, 0.1) is 33.5 Å². The predicted octanol–water partition coefficient (Wildman–Crippen LogP) is 4.66. The minimum Gasteiger partial charge on any atom is -0.493 e. The molecule has 0 fully saturated rings. The molecule has 0 amide bonds. The summed E-state index contributed by atoms with van der Waals surface area (Å²) in [6, 6.07) is 13.4. The van der Waals surface area contributed by atoms with E-state index in [2.05, 4.69) is 17.7 Å². The van der Waals surface area contributed by atoms with Crippen molar-refractivity contribution in [3.05, 3.63) is 65.4 Å². The number of carbonyl (C=O) groups is 2. The summed E-state index contributed by atoms with van der Waals surface area (Å²) in [5.41, 5.74) is 1.98. The fourth-order valence-electron chi connectivity index (χ4n) is 3.18. The summed E-state index contributed by atoms with van der Waals surface area (Å²) in [7, 11) is 2.42. The molecule has 0 radical (unpaired) electrons. The van der Waals surface area contributed by atoms with Crippen LogP contribution in [0, 0.1) is 0 Å². The van der Waals surface area contributed by atoms with E-state index in [1.54, 1.807) is 12.1 Å². The second-order valence-electron chi connectivity index (χ2n) is 7.12. The molecule has 178 valence electrons. The molecule has 2 rings (SSSR count). The van der Waals surface area contributed by atoms with Gasteiger partial charge in [0, 0.05) is 12.0 Å². The minimum atomic E-state index is -0.783. The third kappa shape index (κ3) is 7.86. The van der Waals surface area contributed by atoms with Crippen LogP contribution in [0.2, 0.25) is 0 Å². The lowest BCUT2D eigenvalue weighted by atomic mass is 10.1. The van der Waals surface area contributed by atoms with Crippen molar-refractivity contribution in [1.29, 1.82) is 0 Å². The number of benzene rings is 2. The van der Waals surface area contributed by atoms with Gasteiger partial charge in [0.2, 0.25) is 5.76 Å². The molecule has 0 unspecified atom stereocenters. The Morgan fingerprint density at radius 1 is 0.848 bits per heavy atom. The van der Waals surface area contributed by atoms with Crippen LogP contribution in [0.4, 0.5) is 0 Å². The van der Waals surface area contributed by atoms with E-state index in [0.717, 1.165) is 30.2 Å². The number of aryl methyl sites for hydroxylation is 1. The molecule has 7 heteroatoms. The zero-order chi connectivity index (χ0) is 24.1. The molecule has 0 bridgehead atoms. The zero-order valence-corrected chi connectivity index (χ0v) is 19.7. The second kappa shape index (κ2) is 13.8. The van der Waals surface area contributed by atoms with Crippen LogP contribution < -0.4 is 14.2 Å². The molecule has 33 heavy (non-hydrogen) atoms. The van der Waals surface area contributed by atoms with Crippen LogP contribution in [0.1, 0.15) is 37.8 Å². The normalized spacial score (nSPS) is 11.0. The number of hydrogen-bond acceptors (Lipinski definition) is 7. The van der Waals surface area contributed by atoms with Gasteiger partial charge in [0.1, 0.15) is 17.2 Å². The molecule has 0 aliphatic rings. The number of ether oxygens (including phenoxy) is 5. The van der Waals surface area contributed by atoms with Crippen molar-refractivity contribution >= 4 is 11.9 Å². The number of para-hydroxylation sites is 1. The highest BCUT2D eigenvalue weighted by molar-refractivity contribution is 5.95. The Balaban J connectivity index is 2.01. The molecule has 7 nitrogen and oxygen atoms in total. The van der Waals surface area contributed by atoms with Gasteiger partial charge in [-0.1, -0.05) is 44.5 Å². The standard InChI is InChI=1S/C26H32O7/c1-5-11-19-12-7-8-13-21(19)31-16-10-17-32-22-14-9-15-23(20(22)6-2)33-24(26(28)30-4)18-25(27)29-3/h7-9,12-15,18H,5-6,10-11,16-17H2,1-4H3. The fourth-order valence-corrected chi connectivity index (χ4v) is 3.18. The molecule has 2 aromatic rings. The Morgan fingerprint density at radius 3 is 2.18 bits per heavy atom. The van der Waals surface area contributed by atoms with Gasteiger partial charge < -0.3 is 23.7 Å². The topological polar surface area (TPSA) is 80.3 Å². The Morgan fingerprint density at radius 2 is 1.52 bits per heavy atom. The smallest absolute Gasteiger partial charge is 0.374 e. The molecule has 0 spiro atoms. The van der Waals surface area contributed by atoms with E-state index in [9.17, 15) is 9.59 Å². The van der Waals surface area contributed by atoms with Crippen molar-refractivity contribution in [3.63, 3.8) is 0 Å². The van der Waals surface area contributed by atoms with Crippen LogP contribution in [-0.4, -0.2) is 39.4 Å². The number of rotatable bonds is 13. The van der Waals surface area contributed by atoms with E-state index < -0.39 is 11.9 Å². The summed E-state index contributed by atoms with van der Waals surface area (Å²) in [6.45, 7) is 5.08. The van der Waals surface area contributed by atoms with Gasteiger partial charge in [-0.25, -0.2) is 9.59 Å². The lowest BCUT2D eigenvalue weighted by Crippen LogP contribution is -2.14. The van der Waals surface area contributed by atoms with Crippen LogP contribution in [0.5, 0.6) is 17.2 Å². The molecule has 0 atom stereocenters. The Labute approximate surface area is 195 Å². The van der Waals surface area contributed by atoms with Crippen molar-refractivity contribution < 1.29 is 33.3 Å². The first-order valence-corrected chi connectivity index (χ1v) is 11.0. The van der Waals surface area contributed by atoms with Crippen LogP contribution in [0.25, 0.3) is 0 Å². The minimum absolute atomic E-state index is 0.268. The third-order valence-corrected chi connectivity index (χ3v) is 4.80. The largest absolute Gasteiger partial charge is 0.493 e. The quantitative estimate of drug-likeness (QED) is 0.188. The molecule has 0 saturated carbocycles. The first-order valence-electron chi connectivity index (χ1n) is 11.0. The maximum Gasteiger partial charge on any atom is 0.374 e. The average molecular weight is 457 g/mol. The van der Waals surface area contributed by atoms with E-state index in [1.165, 1.54) is 19.8 Å². The molecule has 0 heterocycles. The highest BCUT2D eigenvalue weighted by Gasteiger charge is 2.18. The van der Waals surface area contributed by atoms with E-state index in [-0.39, 0.29) is 5.76 Å².